The van der Waals surface area contributed by atoms with E-state index in [4.69, 9.17) is 33.7 Å². The highest BCUT2D eigenvalue weighted by atomic mass is 31.2. The summed E-state index contributed by atoms with van der Waals surface area (Å²) in [4.78, 5) is 37.0. The molecule has 1 aromatic rings. The minimum Gasteiger partial charge on any atom is -0.480 e. The van der Waals surface area contributed by atoms with Gasteiger partial charge in [-0.05, 0) is 18.4 Å². The quantitative estimate of drug-likeness (QED) is 0.0311. The molecule has 0 radical (unpaired) electrons. The summed E-state index contributed by atoms with van der Waals surface area (Å²) in [5, 5.41) is 9.85. The van der Waals surface area contributed by atoms with Crippen molar-refractivity contribution in [3.8, 4) is 0 Å². The van der Waals surface area contributed by atoms with Crippen molar-refractivity contribution in [2.24, 2.45) is 10.5 Å². The van der Waals surface area contributed by atoms with Gasteiger partial charge in [0.25, 0.3) is 0 Å². The standard InChI is InChI=1S/C33H56N3O11P/c1-4-6-8-10-12-17-21-42-32(39)44-23-25-46-48(41,47-26-24-45-33(40)43-22-18-13-11-9-7-5-2)35-31(34)36(3)29(30(37)38)27-28-19-15-14-16-20-28/h14-16,19-20,29H,4-13,17-18,21-27H2,1-3H3,(H,37,38)(H2,34,35,41). The summed E-state index contributed by atoms with van der Waals surface area (Å²) in [7, 11) is -3.03. The zero-order valence-corrected chi connectivity index (χ0v) is 29.7. The van der Waals surface area contributed by atoms with Crippen LogP contribution in [0.25, 0.3) is 0 Å². The zero-order chi connectivity index (χ0) is 35.5. The SMILES string of the molecule is CCCCCCCCOC(=O)OCCOP(=O)(N=C(N)N(C)C(Cc1ccccc1)C(=O)O)OCCOC(=O)OCCCCCCCC. The molecule has 0 aliphatic rings. The van der Waals surface area contributed by atoms with Crippen LogP contribution in [0.2, 0.25) is 0 Å². The number of unbranched alkanes of at least 4 members (excludes halogenated alkanes) is 10. The number of likely N-dealkylation sites (N-methyl/N-ethyl adjacent to an activating group) is 1. The fourth-order valence-corrected chi connectivity index (χ4v) is 5.58. The van der Waals surface area contributed by atoms with E-state index >= 15 is 0 Å². The molecule has 3 N–H and O–H groups in total. The smallest absolute Gasteiger partial charge is 0.480 e. The van der Waals surface area contributed by atoms with Crippen LogP contribution < -0.4 is 5.73 Å². The second kappa shape index (κ2) is 26.6. The average molecular weight is 702 g/mol. The maximum Gasteiger partial charge on any atom is 0.508 e. The van der Waals surface area contributed by atoms with E-state index < -0.39 is 51.2 Å². The predicted molar refractivity (Wildman–Crippen MR) is 182 cm³/mol. The topological polar surface area (TPSA) is 186 Å². The Hall–Kier alpha value is -3.35. The van der Waals surface area contributed by atoms with Crippen molar-refractivity contribution in [2.45, 2.75) is 103 Å². The van der Waals surface area contributed by atoms with Gasteiger partial charge in [0.05, 0.1) is 26.4 Å². The zero-order valence-electron chi connectivity index (χ0n) is 28.8. The third kappa shape index (κ3) is 20.8. The molecule has 1 atom stereocenters. The lowest BCUT2D eigenvalue weighted by Gasteiger charge is -2.26. The summed E-state index contributed by atoms with van der Waals surface area (Å²) in [6, 6.07) is 7.75. The van der Waals surface area contributed by atoms with Gasteiger partial charge in [-0.1, -0.05) is 108 Å². The second-order valence-corrected chi connectivity index (χ2v) is 12.8. The Kier molecular flexibility index (Phi) is 23.6. The van der Waals surface area contributed by atoms with Crippen molar-refractivity contribution < 1.29 is 52.1 Å². The number of nitrogens with zero attached hydrogens (tertiary/aromatic N) is 2. The highest BCUT2D eigenvalue weighted by Crippen LogP contribution is 2.49. The van der Waals surface area contributed by atoms with Gasteiger partial charge < -0.3 is 34.7 Å². The number of guanidine groups is 1. The summed E-state index contributed by atoms with van der Waals surface area (Å²) in [6.45, 7) is 3.24. The Morgan fingerprint density at radius 1 is 0.729 bits per heavy atom. The number of carbonyl (C=O) groups excluding carboxylic acids is 2. The van der Waals surface area contributed by atoms with Gasteiger partial charge in [-0.25, -0.2) is 18.9 Å². The first kappa shape index (κ1) is 42.7. The first-order valence-corrected chi connectivity index (χ1v) is 18.4. The van der Waals surface area contributed by atoms with Crippen LogP contribution in [0.3, 0.4) is 0 Å². The molecule has 15 heteroatoms. The van der Waals surface area contributed by atoms with Gasteiger partial charge in [0.1, 0.15) is 19.3 Å². The van der Waals surface area contributed by atoms with E-state index in [1.807, 2.05) is 6.07 Å². The first-order chi connectivity index (χ1) is 23.1. The number of benzene rings is 1. The number of hydrogen-bond acceptors (Lipinski definition) is 10. The van der Waals surface area contributed by atoms with E-state index in [-0.39, 0.29) is 32.8 Å². The number of ether oxygens (including phenoxy) is 4. The molecule has 0 spiro atoms. The summed E-state index contributed by atoms with van der Waals surface area (Å²) in [6.07, 6.45) is 10.7. The van der Waals surface area contributed by atoms with Crippen LogP contribution in [-0.4, -0.2) is 87.0 Å². The molecule has 0 heterocycles. The van der Waals surface area contributed by atoms with E-state index in [9.17, 15) is 24.1 Å². The summed E-state index contributed by atoms with van der Waals surface area (Å²) in [5.41, 5.74) is 6.82. The molecular weight excluding hydrogens is 645 g/mol. The Morgan fingerprint density at radius 2 is 1.17 bits per heavy atom. The van der Waals surface area contributed by atoms with Gasteiger partial charge in [-0.2, -0.15) is 0 Å². The van der Waals surface area contributed by atoms with Gasteiger partial charge in [0.2, 0.25) is 5.96 Å². The average Bonchev–Trinajstić information content (AvgIpc) is 3.07. The normalized spacial score (nSPS) is 12.3. The number of aliphatic carboxylic acids is 1. The third-order valence-corrected chi connectivity index (χ3v) is 8.63. The molecule has 0 bridgehead atoms. The van der Waals surface area contributed by atoms with Crippen molar-refractivity contribution >= 4 is 32.0 Å². The molecule has 274 valence electrons. The number of carboxylic acids is 1. The summed E-state index contributed by atoms with van der Waals surface area (Å²) in [5.74, 6) is -1.61. The number of nitrogens with two attached hydrogens (primary N) is 1. The molecule has 1 unspecified atom stereocenters. The molecule has 1 rings (SSSR count). The highest BCUT2D eigenvalue weighted by molar-refractivity contribution is 7.52. The van der Waals surface area contributed by atoms with Gasteiger partial charge in [-0.3, -0.25) is 9.05 Å². The molecule has 48 heavy (non-hydrogen) atoms. The molecule has 0 saturated heterocycles. The predicted octanol–water partition coefficient (Wildman–Crippen LogP) is 7.10. The maximum absolute atomic E-state index is 13.6. The Bertz CT molecular complexity index is 1070. The molecule has 0 aliphatic carbocycles. The minimum absolute atomic E-state index is 0.0816. The maximum atomic E-state index is 13.6. The van der Waals surface area contributed by atoms with Crippen LogP contribution in [0.15, 0.2) is 35.1 Å². The molecule has 0 aromatic heterocycles. The van der Waals surface area contributed by atoms with Crippen molar-refractivity contribution in [2.75, 3.05) is 46.7 Å². The van der Waals surface area contributed by atoms with Crippen LogP contribution in [-0.2, 0) is 43.8 Å². The van der Waals surface area contributed by atoms with Crippen LogP contribution in [0.1, 0.15) is 96.5 Å². The Labute approximate surface area is 285 Å². The molecule has 1 aromatic carbocycles. The van der Waals surface area contributed by atoms with Crippen molar-refractivity contribution in [3.63, 3.8) is 0 Å². The molecule has 0 fully saturated rings. The number of hydrogen-bond donors (Lipinski definition) is 2. The molecule has 0 saturated carbocycles. The number of carbonyl (C=O) groups is 3. The lowest BCUT2D eigenvalue weighted by Crippen LogP contribution is -2.47. The second-order valence-electron chi connectivity index (χ2n) is 11.2. The third-order valence-electron chi connectivity index (χ3n) is 7.16. The van der Waals surface area contributed by atoms with Crippen LogP contribution in [0.5, 0.6) is 0 Å². The van der Waals surface area contributed by atoms with E-state index in [1.54, 1.807) is 24.3 Å². The van der Waals surface area contributed by atoms with E-state index in [2.05, 4.69) is 18.6 Å². The first-order valence-electron chi connectivity index (χ1n) is 16.9. The minimum atomic E-state index is -4.42. The number of carboxylic acid groups (broad SMARTS) is 1. The number of rotatable bonds is 27. The molecule has 0 aliphatic heterocycles. The fourth-order valence-electron chi connectivity index (χ4n) is 4.39. The molecule has 0 amide bonds. The van der Waals surface area contributed by atoms with Crippen LogP contribution in [0, 0.1) is 0 Å². The van der Waals surface area contributed by atoms with Crippen molar-refractivity contribution in [1.29, 1.82) is 0 Å². The van der Waals surface area contributed by atoms with E-state index in [1.165, 1.54) is 19.9 Å². The van der Waals surface area contributed by atoms with E-state index in [0.717, 1.165) is 74.7 Å². The Morgan fingerprint density at radius 3 is 1.62 bits per heavy atom. The van der Waals surface area contributed by atoms with E-state index in [0.29, 0.717) is 0 Å². The van der Waals surface area contributed by atoms with Gasteiger partial charge in [0.15, 0.2) is 0 Å². The van der Waals surface area contributed by atoms with Crippen molar-refractivity contribution in [1.82, 2.24) is 4.90 Å². The fraction of sp³-hybridized carbons (Fsp3) is 0.697. The molecular formula is C33H56N3O11P. The lowest BCUT2D eigenvalue weighted by molar-refractivity contribution is -0.141. The largest absolute Gasteiger partial charge is 0.508 e. The van der Waals surface area contributed by atoms with Gasteiger partial charge in [-0.15, -0.1) is 4.76 Å². The van der Waals surface area contributed by atoms with Gasteiger partial charge >= 0.3 is 26.0 Å². The highest BCUT2D eigenvalue weighted by Gasteiger charge is 2.30. The summed E-state index contributed by atoms with van der Waals surface area (Å²) < 4.78 is 48.2. The van der Waals surface area contributed by atoms with Crippen LogP contribution in [0.4, 0.5) is 9.59 Å². The Balaban J connectivity index is 2.72. The molecule has 14 nitrogen and oxygen atoms in total. The van der Waals surface area contributed by atoms with Crippen molar-refractivity contribution in [3.05, 3.63) is 35.9 Å². The summed E-state index contributed by atoms with van der Waals surface area (Å²) >= 11 is 0. The van der Waals surface area contributed by atoms with Gasteiger partial charge in [0, 0.05) is 13.5 Å². The monoisotopic (exact) mass is 701 g/mol. The lowest BCUT2D eigenvalue weighted by atomic mass is 10.1. The van der Waals surface area contributed by atoms with Crippen LogP contribution >= 0.6 is 7.75 Å².